The number of benzene rings is 1. The smallest absolute Gasteiger partial charge is 0.290 e. The van der Waals surface area contributed by atoms with Gasteiger partial charge in [0.25, 0.3) is 5.91 Å². The number of carbonyl (C=O) groups excluding carboxylic acids is 1. The van der Waals surface area contributed by atoms with Crippen LogP contribution in [0.2, 0.25) is 0 Å². The third kappa shape index (κ3) is 5.01. The largest absolute Gasteiger partial charge is 0.349 e. The number of hydrogen-bond acceptors (Lipinski definition) is 4. The molecule has 1 aromatic carbocycles. The van der Waals surface area contributed by atoms with Crippen molar-refractivity contribution in [1.82, 2.24) is 20.1 Å². The monoisotopic (exact) mass is 355 g/mol. The van der Waals surface area contributed by atoms with Crippen LogP contribution < -0.4 is 11.1 Å². The number of nitrogens with one attached hydrogen (secondary N) is 1. The van der Waals surface area contributed by atoms with Gasteiger partial charge in [0.05, 0.1) is 5.69 Å². The zero-order valence-corrected chi connectivity index (χ0v) is 14.6. The van der Waals surface area contributed by atoms with Crippen LogP contribution >= 0.6 is 12.4 Å². The maximum Gasteiger partial charge on any atom is 0.290 e. The van der Waals surface area contributed by atoms with Gasteiger partial charge in [-0.1, -0.05) is 19.9 Å². The lowest BCUT2D eigenvalue weighted by molar-refractivity contribution is 0.0942. The molecule has 0 atom stereocenters. The molecule has 0 saturated heterocycles. The molecule has 24 heavy (non-hydrogen) atoms. The minimum atomic E-state index is -0.361. The highest BCUT2D eigenvalue weighted by atomic mass is 35.5. The SMILES string of the molecule is CC(C)c1nc(C(=O)NCCCCN)nn1-c1cccc(F)c1.Cl. The summed E-state index contributed by atoms with van der Waals surface area (Å²) in [6, 6.07) is 6.06. The molecule has 0 radical (unpaired) electrons. The van der Waals surface area contributed by atoms with Crippen LogP contribution in [-0.4, -0.2) is 33.8 Å². The average molecular weight is 356 g/mol. The van der Waals surface area contributed by atoms with E-state index >= 15 is 0 Å². The van der Waals surface area contributed by atoms with Gasteiger partial charge in [-0.15, -0.1) is 17.5 Å². The van der Waals surface area contributed by atoms with E-state index in [1.165, 1.54) is 16.8 Å². The minimum absolute atomic E-state index is 0. The predicted octanol–water partition coefficient (Wildman–Crippen LogP) is 2.42. The van der Waals surface area contributed by atoms with Crippen molar-refractivity contribution < 1.29 is 9.18 Å². The van der Waals surface area contributed by atoms with Crippen LogP contribution in [0, 0.1) is 5.82 Å². The van der Waals surface area contributed by atoms with E-state index in [0.717, 1.165) is 12.8 Å². The van der Waals surface area contributed by atoms with Crippen LogP contribution in [0.1, 0.15) is 49.1 Å². The van der Waals surface area contributed by atoms with Crippen molar-refractivity contribution in [2.45, 2.75) is 32.6 Å². The summed E-state index contributed by atoms with van der Waals surface area (Å²) in [4.78, 5) is 16.4. The van der Waals surface area contributed by atoms with E-state index in [4.69, 9.17) is 5.73 Å². The number of nitrogens with zero attached hydrogens (tertiary/aromatic N) is 3. The third-order valence-corrected chi connectivity index (χ3v) is 3.32. The summed E-state index contributed by atoms with van der Waals surface area (Å²) in [5.74, 6) is 0.0533. The second kappa shape index (κ2) is 9.34. The van der Waals surface area contributed by atoms with Gasteiger partial charge in [-0.05, 0) is 37.6 Å². The number of carbonyl (C=O) groups is 1. The summed E-state index contributed by atoms with van der Waals surface area (Å²) in [7, 11) is 0. The molecule has 6 nitrogen and oxygen atoms in total. The van der Waals surface area contributed by atoms with Crippen molar-refractivity contribution in [2.24, 2.45) is 5.73 Å². The van der Waals surface area contributed by atoms with Gasteiger partial charge in [0.2, 0.25) is 5.82 Å². The molecule has 0 aliphatic carbocycles. The Morgan fingerprint density at radius 3 is 2.75 bits per heavy atom. The zero-order chi connectivity index (χ0) is 16.8. The van der Waals surface area contributed by atoms with Gasteiger partial charge < -0.3 is 11.1 Å². The Morgan fingerprint density at radius 2 is 2.12 bits per heavy atom. The van der Waals surface area contributed by atoms with E-state index in [-0.39, 0.29) is 35.9 Å². The molecular formula is C16H23ClFN5O. The van der Waals surface area contributed by atoms with Crippen molar-refractivity contribution in [3.05, 3.63) is 41.7 Å². The first-order valence-electron chi connectivity index (χ1n) is 7.74. The second-order valence-electron chi connectivity index (χ2n) is 5.59. The first-order valence-corrected chi connectivity index (χ1v) is 7.74. The van der Waals surface area contributed by atoms with E-state index in [0.29, 0.717) is 24.6 Å². The highest BCUT2D eigenvalue weighted by molar-refractivity contribution is 5.90. The fraction of sp³-hybridized carbons (Fsp3) is 0.438. The van der Waals surface area contributed by atoms with Gasteiger partial charge in [-0.2, -0.15) is 0 Å². The number of rotatable bonds is 7. The van der Waals surface area contributed by atoms with Crippen LogP contribution in [0.25, 0.3) is 5.69 Å². The summed E-state index contributed by atoms with van der Waals surface area (Å²) in [5.41, 5.74) is 5.96. The fourth-order valence-corrected chi connectivity index (χ4v) is 2.14. The molecule has 1 amide bonds. The van der Waals surface area contributed by atoms with Gasteiger partial charge in [-0.3, -0.25) is 4.79 Å². The lowest BCUT2D eigenvalue weighted by Gasteiger charge is -2.07. The second-order valence-corrected chi connectivity index (χ2v) is 5.59. The number of unbranched alkanes of at least 4 members (excludes halogenated alkanes) is 1. The van der Waals surface area contributed by atoms with Crippen molar-refractivity contribution in [3.63, 3.8) is 0 Å². The molecule has 3 N–H and O–H groups in total. The van der Waals surface area contributed by atoms with Crippen LogP contribution in [0.3, 0.4) is 0 Å². The molecule has 0 unspecified atom stereocenters. The van der Waals surface area contributed by atoms with Crippen molar-refractivity contribution in [1.29, 1.82) is 0 Å². The number of halogens is 2. The summed E-state index contributed by atoms with van der Waals surface area (Å²) in [5, 5.41) is 7.01. The van der Waals surface area contributed by atoms with Gasteiger partial charge in [0.1, 0.15) is 11.6 Å². The summed E-state index contributed by atoms with van der Waals surface area (Å²) < 4.78 is 15.0. The van der Waals surface area contributed by atoms with E-state index in [1.807, 2.05) is 13.8 Å². The molecule has 0 fully saturated rings. The van der Waals surface area contributed by atoms with E-state index in [1.54, 1.807) is 12.1 Å². The standard InChI is InChI=1S/C16H22FN5O.ClH/c1-11(2)15-20-14(16(23)19-9-4-3-8-18)21-22(15)13-7-5-6-12(17)10-13;/h5-7,10-11H,3-4,8-9,18H2,1-2H3,(H,19,23);1H. The van der Waals surface area contributed by atoms with Crippen molar-refractivity contribution in [2.75, 3.05) is 13.1 Å². The molecular weight excluding hydrogens is 333 g/mol. The van der Waals surface area contributed by atoms with Crippen LogP contribution in [-0.2, 0) is 0 Å². The first kappa shape index (κ1) is 20.1. The van der Waals surface area contributed by atoms with Gasteiger partial charge in [0.15, 0.2) is 0 Å². The molecule has 2 rings (SSSR count). The van der Waals surface area contributed by atoms with Crippen LogP contribution in [0.4, 0.5) is 4.39 Å². The van der Waals surface area contributed by atoms with Gasteiger partial charge in [-0.25, -0.2) is 14.1 Å². The highest BCUT2D eigenvalue weighted by Gasteiger charge is 2.19. The van der Waals surface area contributed by atoms with Crippen LogP contribution in [0.15, 0.2) is 24.3 Å². The number of nitrogens with two attached hydrogens (primary N) is 1. The highest BCUT2D eigenvalue weighted by Crippen LogP contribution is 2.18. The van der Waals surface area contributed by atoms with E-state index < -0.39 is 0 Å². The average Bonchev–Trinajstić information content (AvgIpc) is 2.97. The first-order chi connectivity index (χ1) is 11.0. The molecule has 2 aromatic rings. The Kier molecular flexibility index (Phi) is 7.81. The molecule has 0 bridgehead atoms. The third-order valence-electron chi connectivity index (χ3n) is 3.32. The normalized spacial score (nSPS) is 10.5. The van der Waals surface area contributed by atoms with Gasteiger partial charge in [0, 0.05) is 12.5 Å². The Balaban J connectivity index is 0.00000288. The molecule has 0 saturated carbocycles. The molecule has 132 valence electrons. The number of aromatic nitrogens is 3. The van der Waals surface area contributed by atoms with Crippen LogP contribution in [0.5, 0.6) is 0 Å². The lowest BCUT2D eigenvalue weighted by atomic mass is 10.2. The van der Waals surface area contributed by atoms with Crippen molar-refractivity contribution >= 4 is 18.3 Å². The number of hydrogen-bond donors (Lipinski definition) is 2. The minimum Gasteiger partial charge on any atom is -0.349 e. The fourth-order valence-electron chi connectivity index (χ4n) is 2.14. The Morgan fingerprint density at radius 1 is 1.38 bits per heavy atom. The molecule has 0 aliphatic heterocycles. The Bertz CT molecular complexity index is 674. The van der Waals surface area contributed by atoms with Gasteiger partial charge >= 0.3 is 0 Å². The molecule has 1 aromatic heterocycles. The molecule has 0 aliphatic rings. The predicted molar refractivity (Wildman–Crippen MR) is 93.3 cm³/mol. The molecule has 1 heterocycles. The quantitative estimate of drug-likeness (QED) is 0.747. The Hall–Kier alpha value is -1.99. The summed E-state index contributed by atoms with van der Waals surface area (Å²) >= 11 is 0. The molecule has 8 heteroatoms. The lowest BCUT2D eigenvalue weighted by Crippen LogP contribution is -2.26. The van der Waals surface area contributed by atoms with E-state index in [9.17, 15) is 9.18 Å². The maximum atomic E-state index is 13.4. The summed E-state index contributed by atoms with van der Waals surface area (Å²) in [6.07, 6.45) is 1.66. The van der Waals surface area contributed by atoms with Crippen molar-refractivity contribution in [3.8, 4) is 5.69 Å². The van der Waals surface area contributed by atoms with E-state index in [2.05, 4.69) is 15.4 Å². The maximum absolute atomic E-state index is 13.4. The zero-order valence-electron chi connectivity index (χ0n) is 13.8. The topological polar surface area (TPSA) is 85.8 Å². The number of amides is 1. The molecule has 0 spiro atoms. The Labute approximate surface area is 147 Å². The summed E-state index contributed by atoms with van der Waals surface area (Å²) in [6.45, 7) is 5.02.